The van der Waals surface area contributed by atoms with Gasteiger partial charge < -0.3 is 9.47 Å². The minimum Gasteiger partial charge on any atom is -0.493 e. The van der Waals surface area contributed by atoms with Crippen molar-refractivity contribution in [2.45, 2.75) is 66.2 Å². The molecule has 0 spiro atoms. The molecule has 0 aliphatic rings. The number of unbranched alkanes of at least 4 members (excludes halogenated alkanes) is 2. The number of carbonyl (C=O) groups is 1. The second-order valence-electron chi connectivity index (χ2n) is 9.08. The Morgan fingerprint density at radius 2 is 1.85 bits per heavy atom. The van der Waals surface area contributed by atoms with Crippen LogP contribution in [0.2, 0.25) is 0 Å². The van der Waals surface area contributed by atoms with Gasteiger partial charge in [0.2, 0.25) is 0 Å². The van der Waals surface area contributed by atoms with Crippen molar-refractivity contribution < 1.29 is 14.3 Å². The second kappa shape index (κ2) is 12.8. The van der Waals surface area contributed by atoms with Crippen LogP contribution in [0.4, 0.5) is 0 Å². The largest absolute Gasteiger partial charge is 0.493 e. The van der Waals surface area contributed by atoms with Gasteiger partial charge in [-0.3, -0.25) is 0 Å². The number of aryl methyl sites for hydroxylation is 2. The zero-order chi connectivity index (χ0) is 24.5. The monoisotopic (exact) mass is 478 g/mol. The van der Waals surface area contributed by atoms with Crippen LogP contribution in [-0.2, 0) is 22.4 Å². The van der Waals surface area contributed by atoms with E-state index in [0.29, 0.717) is 18.8 Å². The van der Waals surface area contributed by atoms with E-state index in [1.807, 2.05) is 17.4 Å². The number of rotatable bonds is 13. The molecule has 0 radical (unpaired) electrons. The van der Waals surface area contributed by atoms with E-state index in [0.717, 1.165) is 18.6 Å². The van der Waals surface area contributed by atoms with Crippen molar-refractivity contribution in [2.75, 3.05) is 13.2 Å². The first kappa shape index (κ1) is 26.0. The third-order valence-corrected chi connectivity index (χ3v) is 7.37. The van der Waals surface area contributed by atoms with Gasteiger partial charge >= 0.3 is 5.97 Å². The first-order valence-corrected chi connectivity index (χ1v) is 13.4. The number of hydrogen-bond donors (Lipinski definition) is 0. The van der Waals surface area contributed by atoms with Crippen LogP contribution in [0.15, 0.2) is 54.6 Å². The number of esters is 1. The molecule has 0 aliphatic carbocycles. The van der Waals surface area contributed by atoms with Crippen LogP contribution < -0.4 is 4.74 Å². The van der Waals surface area contributed by atoms with E-state index in [2.05, 4.69) is 63.7 Å². The Bertz CT molecular complexity index is 1110. The number of thiophene rings is 1. The number of fused-ring (bicyclic) bond motifs is 1. The Labute approximate surface area is 208 Å². The summed E-state index contributed by atoms with van der Waals surface area (Å²) < 4.78 is 12.6. The highest BCUT2D eigenvalue weighted by Crippen LogP contribution is 2.37. The lowest BCUT2D eigenvalue weighted by Gasteiger charge is -2.16. The van der Waals surface area contributed by atoms with Crippen LogP contribution in [0.25, 0.3) is 20.5 Å². The lowest BCUT2D eigenvalue weighted by Crippen LogP contribution is -2.20. The highest BCUT2D eigenvalue weighted by Gasteiger charge is 2.13. The van der Waals surface area contributed by atoms with E-state index in [1.165, 1.54) is 57.3 Å². The quantitative estimate of drug-likeness (QED) is 0.141. The van der Waals surface area contributed by atoms with Gasteiger partial charge in [-0.2, -0.15) is 0 Å². The fraction of sp³-hybridized carbons (Fsp3) is 0.433. The fourth-order valence-corrected chi connectivity index (χ4v) is 5.12. The van der Waals surface area contributed by atoms with E-state index in [9.17, 15) is 4.79 Å². The molecular weight excluding hydrogens is 440 g/mol. The van der Waals surface area contributed by atoms with Gasteiger partial charge in [0.25, 0.3) is 0 Å². The Hall–Kier alpha value is -2.59. The van der Waals surface area contributed by atoms with Crippen LogP contribution >= 0.6 is 11.3 Å². The zero-order valence-corrected chi connectivity index (χ0v) is 21.9. The fourth-order valence-electron chi connectivity index (χ4n) is 3.96. The van der Waals surface area contributed by atoms with Gasteiger partial charge in [-0.25, -0.2) is 4.79 Å². The maximum Gasteiger partial charge on any atom is 0.333 e. The second-order valence-corrected chi connectivity index (χ2v) is 10.2. The first-order chi connectivity index (χ1) is 16.4. The van der Waals surface area contributed by atoms with Gasteiger partial charge in [0.15, 0.2) is 0 Å². The Balaban J connectivity index is 1.70. The van der Waals surface area contributed by atoms with Crippen LogP contribution in [0, 0.1) is 5.92 Å². The molecule has 1 aromatic heterocycles. The van der Waals surface area contributed by atoms with Gasteiger partial charge in [-0.1, -0.05) is 58.4 Å². The summed E-state index contributed by atoms with van der Waals surface area (Å²) in [4.78, 5) is 13.0. The lowest BCUT2D eigenvalue weighted by atomic mass is 9.98. The Morgan fingerprint density at radius 1 is 1.03 bits per heavy atom. The maximum absolute atomic E-state index is 11.7. The Morgan fingerprint density at radius 3 is 2.56 bits per heavy atom. The van der Waals surface area contributed by atoms with Gasteiger partial charge in [0.1, 0.15) is 5.75 Å². The van der Waals surface area contributed by atoms with E-state index < -0.39 is 0 Å². The number of carbonyl (C=O) groups excluding carboxylic acids is 1. The molecule has 1 unspecified atom stereocenters. The highest BCUT2D eigenvalue weighted by atomic mass is 32.1. The van der Waals surface area contributed by atoms with Gasteiger partial charge in [-0.05, 0) is 78.9 Å². The molecule has 0 fully saturated rings. The summed E-state index contributed by atoms with van der Waals surface area (Å²) in [5, 5.41) is 1.24. The summed E-state index contributed by atoms with van der Waals surface area (Å²) in [6.07, 6.45) is 6.90. The molecule has 0 saturated carbocycles. The van der Waals surface area contributed by atoms with Crippen molar-refractivity contribution in [1.29, 1.82) is 0 Å². The molecule has 0 saturated heterocycles. The molecule has 3 nitrogen and oxygen atoms in total. The molecule has 4 heteroatoms. The molecule has 0 N–H and O–H groups in total. The summed E-state index contributed by atoms with van der Waals surface area (Å²) in [6.45, 7) is 12.7. The topological polar surface area (TPSA) is 35.5 Å². The molecule has 0 bridgehead atoms. The molecule has 2 aromatic carbocycles. The molecule has 1 atom stereocenters. The predicted molar refractivity (Wildman–Crippen MR) is 145 cm³/mol. The van der Waals surface area contributed by atoms with Crippen molar-refractivity contribution in [3.05, 3.63) is 65.7 Å². The predicted octanol–water partition coefficient (Wildman–Crippen LogP) is 8.39. The minimum absolute atomic E-state index is 0.154. The van der Waals surface area contributed by atoms with Crippen molar-refractivity contribution in [1.82, 2.24) is 0 Å². The minimum atomic E-state index is -0.341. The molecule has 34 heavy (non-hydrogen) atoms. The molecule has 182 valence electrons. The molecule has 1 heterocycles. The number of ether oxygens (including phenoxy) is 2. The smallest absolute Gasteiger partial charge is 0.333 e. The lowest BCUT2D eigenvalue weighted by molar-refractivity contribution is -0.140. The maximum atomic E-state index is 11.7. The van der Waals surface area contributed by atoms with E-state index in [4.69, 9.17) is 9.47 Å². The van der Waals surface area contributed by atoms with Crippen LogP contribution in [0.5, 0.6) is 5.75 Å². The number of benzene rings is 2. The standard InChI is InChI=1S/C30H38O3S/c1-6-9-10-11-23-12-15-27(24(8-3)16-23)29-17-25-13-14-26(18-28(25)34-29)32-19-22(7-2)20-33-30(31)21(4)5/h12-18,22H,4,6-11,19-20H2,1-3,5H3. The third kappa shape index (κ3) is 6.96. The van der Waals surface area contributed by atoms with Crippen molar-refractivity contribution in [3.8, 4) is 16.2 Å². The molecule has 3 aromatic rings. The van der Waals surface area contributed by atoms with Crippen molar-refractivity contribution >= 4 is 27.4 Å². The van der Waals surface area contributed by atoms with Crippen LogP contribution in [-0.4, -0.2) is 19.2 Å². The SMILES string of the molecule is C=C(C)C(=O)OCC(CC)COc1ccc2cc(-c3ccc(CCCCC)cc3CC)sc2c1. The summed E-state index contributed by atoms with van der Waals surface area (Å²) in [7, 11) is 0. The zero-order valence-electron chi connectivity index (χ0n) is 21.1. The number of hydrogen-bond acceptors (Lipinski definition) is 4. The molecule has 0 amide bonds. The Kier molecular flexibility index (Phi) is 9.76. The van der Waals surface area contributed by atoms with Crippen LogP contribution in [0.1, 0.15) is 64.5 Å². The van der Waals surface area contributed by atoms with Crippen LogP contribution in [0.3, 0.4) is 0 Å². The van der Waals surface area contributed by atoms with E-state index in [1.54, 1.807) is 6.92 Å². The first-order valence-electron chi connectivity index (χ1n) is 12.6. The summed E-state index contributed by atoms with van der Waals surface area (Å²) >= 11 is 1.82. The van der Waals surface area contributed by atoms with Gasteiger partial charge in [0, 0.05) is 21.1 Å². The summed E-state index contributed by atoms with van der Waals surface area (Å²) in [6, 6.07) is 15.6. The average Bonchev–Trinajstić information content (AvgIpc) is 3.27. The van der Waals surface area contributed by atoms with E-state index in [-0.39, 0.29) is 11.9 Å². The van der Waals surface area contributed by atoms with Gasteiger partial charge in [-0.15, -0.1) is 11.3 Å². The van der Waals surface area contributed by atoms with Crippen molar-refractivity contribution in [2.24, 2.45) is 5.92 Å². The highest BCUT2D eigenvalue weighted by molar-refractivity contribution is 7.22. The third-order valence-electron chi connectivity index (χ3n) is 6.24. The van der Waals surface area contributed by atoms with Gasteiger partial charge in [0.05, 0.1) is 13.2 Å². The van der Waals surface area contributed by atoms with Crippen molar-refractivity contribution in [3.63, 3.8) is 0 Å². The molecular formula is C30H38O3S. The molecule has 3 rings (SSSR count). The average molecular weight is 479 g/mol. The molecule has 0 aliphatic heterocycles. The summed E-state index contributed by atoms with van der Waals surface area (Å²) in [5.41, 5.74) is 4.64. The normalized spacial score (nSPS) is 12.0. The van der Waals surface area contributed by atoms with E-state index >= 15 is 0 Å². The summed E-state index contributed by atoms with van der Waals surface area (Å²) in [5.74, 6) is 0.667.